The third-order valence-electron chi connectivity index (χ3n) is 4.38. The van der Waals surface area contributed by atoms with Crippen LogP contribution in [0, 0.1) is 0 Å². The topological polar surface area (TPSA) is 112 Å². The first kappa shape index (κ1) is 17.4. The second-order valence-corrected chi connectivity index (χ2v) is 7.97. The van der Waals surface area contributed by atoms with Crippen molar-refractivity contribution in [1.82, 2.24) is 24.4 Å². The van der Waals surface area contributed by atoms with Crippen molar-refractivity contribution in [2.45, 2.75) is 4.90 Å². The van der Waals surface area contributed by atoms with Crippen LogP contribution >= 0.6 is 0 Å². The maximum atomic E-state index is 12.6. The van der Waals surface area contributed by atoms with Crippen LogP contribution in [0.4, 0.5) is 0 Å². The molecule has 9 nitrogen and oxygen atoms in total. The van der Waals surface area contributed by atoms with E-state index in [4.69, 9.17) is 4.42 Å². The first-order valence-electron chi connectivity index (χ1n) is 8.34. The van der Waals surface area contributed by atoms with Crippen LogP contribution in [0.2, 0.25) is 0 Å². The number of pyridine rings is 1. The molecular weight excluding hydrogens is 370 g/mol. The number of amides is 1. The van der Waals surface area contributed by atoms with E-state index in [1.54, 1.807) is 35.4 Å². The molecule has 0 unspecified atom stereocenters. The maximum absolute atomic E-state index is 12.6. The molecule has 0 aromatic carbocycles. The van der Waals surface area contributed by atoms with Crippen LogP contribution in [-0.4, -0.2) is 64.9 Å². The maximum Gasteiger partial charge on any atom is 0.274 e. The molecule has 0 bridgehead atoms. The first-order chi connectivity index (χ1) is 13.1. The molecule has 1 saturated heterocycles. The predicted molar refractivity (Wildman–Crippen MR) is 95.2 cm³/mol. The van der Waals surface area contributed by atoms with Crippen molar-refractivity contribution in [1.29, 1.82) is 0 Å². The molecule has 4 heterocycles. The third kappa shape index (κ3) is 3.36. The van der Waals surface area contributed by atoms with Gasteiger partial charge in [-0.15, -0.1) is 0 Å². The lowest BCUT2D eigenvalue weighted by atomic mass is 10.2. The van der Waals surface area contributed by atoms with Crippen LogP contribution in [-0.2, 0) is 10.0 Å². The van der Waals surface area contributed by atoms with Crippen LogP contribution < -0.4 is 0 Å². The van der Waals surface area contributed by atoms with E-state index in [1.807, 2.05) is 0 Å². The number of H-pyrrole nitrogens is 1. The van der Waals surface area contributed by atoms with E-state index in [2.05, 4.69) is 15.2 Å². The Morgan fingerprint density at radius 1 is 1.15 bits per heavy atom. The van der Waals surface area contributed by atoms with Crippen molar-refractivity contribution >= 4 is 15.9 Å². The number of nitrogens with zero attached hydrogens (tertiary/aromatic N) is 4. The van der Waals surface area contributed by atoms with E-state index in [0.717, 1.165) is 0 Å². The van der Waals surface area contributed by atoms with E-state index in [9.17, 15) is 13.2 Å². The average Bonchev–Trinajstić information content (AvgIpc) is 3.40. The number of nitrogens with one attached hydrogen (secondary N) is 1. The Morgan fingerprint density at radius 2 is 1.96 bits per heavy atom. The highest BCUT2D eigenvalue weighted by Gasteiger charge is 2.31. The van der Waals surface area contributed by atoms with Gasteiger partial charge in [-0.3, -0.25) is 14.9 Å². The molecular formula is C17H17N5O4S. The second kappa shape index (κ2) is 6.97. The fourth-order valence-corrected chi connectivity index (χ4v) is 4.32. The Labute approximate surface area is 155 Å². The zero-order valence-corrected chi connectivity index (χ0v) is 15.1. The largest absolute Gasteiger partial charge is 0.463 e. The molecule has 0 spiro atoms. The SMILES string of the molecule is O=C(c1cc(-c2ccco2)[nH]n1)N1CCN(S(=O)(=O)c2cccnc2)CC1. The summed E-state index contributed by atoms with van der Waals surface area (Å²) in [5.74, 6) is 0.344. The minimum absolute atomic E-state index is 0.153. The fourth-order valence-electron chi connectivity index (χ4n) is 2.93. The number of hydrogen-bond donors (Lipinski definition) is 1. The van der Waals surface area contributed by atoms with Crippen molar-refractivity contribution in [2.24, 2.45) is 0 Å². The molecule has 1 aliphatic rings. The lowest BCUT2D eigenvalue weighted by Crippen LogP contribution is -2.50. The highest BCUT2D eigenvalue weighted by atomic mass is 32.2. The van der Waals surface area contributed by atoms with E-state index < -0.39 is 10.0 Å². The molecule has 1 amide bonds. The number of rotatable bonds is 4. The lowest BCUT2D eigenvalue weighted by Gasteiger charge is -2.33. The van der Waals surface area contributed by atoms with Gasteiger partial charge in [0.25, 0.3) is 5.91 Å². The molecule has 0 radical (unpaired) electrons. The van der Waals surface area contributed by atoms with E-state index >= 15 is 0 Å². The summed E-state index contributed by atoms with van der Waals surface area (Å²) in [4.78, 5) is 18.3. The Hall–Kier alpha value is -2.98. The summed E-state index contributed by atoms with van der Waals surface area (Å²) in [6.07, 6.45) is 4.39. The minimum Gasteiger partial charge on any atom is -0.463 e. The van der Waals surface area contributed by atoms with Gasteiger partial charge in [0.05, 0.1) is 6.26 Å². The fraction of sp³-hybridized carbons (Fsp3) is 0.235. The Morgan fingerprint density at radius 3 is 2.63 bits per heavy atom. The Balaban J connectivity index is 1.43. The van der Waals surface area contributed by atoms with Gasteiger partial charge in [0.15, 0.2) is 11.5 Å². The zero-order valence-electron chi connectivity index (χ0n) is 14.3. The third-order valence-corrected chi connectivity index (χ3v) is 6.26. The lowest BCUT2D eigenvalue weighted by molar-refractivity contribution is 0.0692. The molecule has 3 aromatic heterocycles. The zero-order chi connectivity index (χ0) is 18.9. The molecule has 140 valence electrons. The van der Waals surface area contributed by atoms with Crippen molar-refractivity contribution in [2.75, 3.05) is 26.2 Å². The molecule has 1 fully saturated rings. The molecule has 0 atom stereocenters. The number of furan rings is 1. The number of aromatic nitrogens is 3. The summed E-state index contributed by atoms with van der Waals surface area (Å²) in [5.41, 5.74) is 0.881. The number of sulfonamides is 1. The summed E-state index contributed by atoms with van der Waals surface area (Å²) in [5, 5.41) is 6.82. The molecule has 27 heavy (non-hydrogen) atoms. The molecule has 4 rings (SSSR count). The summed E-state index contributed by atoms with van der Waals surface area (Å²) < 4.78 is 31.9. The van der Waals surface area contributed by atoms with Crippen LogP contribution in [0.1, 0.15) is 10.5 Å². The van der Waals surface area contributed by atoms with Crippen LogP contribution in [0.5, 0.6) is 0 Å². The van der Waals surface area contributed by atoms with Crippen molar-refractivity contribution in [3.05, 3.63) is 54.7 Å². The molecule has 10 heteroatoms. The second-order valence-electron chi connectivity index (χ2n) is 6.03. The highest BCUT2D eigenvalue weighted by molar-refractivity contribution is 7.89. The van der Waals surface area contributed by atoms with Gasteiger partial charge >= 0.3 is 0 Å². The summed E-state index contributed by atoms with van der Waals surface area (Å²) in [6.45, 7) is 1.03. The average molecular weight is 387 g/mol. The van der Waals surface area contributed by atoms with Crippen LogP contribution in [0.3, 0.4) is 0 Å². The monoisotopic (exact) mass is 387 g/mol. The molecule has 0 aliphatic carbocycles. The van der Waals surface area contributed by atoms with Gasteiger partial charge in [0.2, 0.25) is 10.0 Å². The Kier molecular flexibility index (Phi) is 4.50. The Bertz CT molecular complexity index is 1020. The minimum atomic E-state index is -3.60. The van der Waals surface area contributed by atoms with Gasteiger partial charge in [-0.2, -0.15) is 9.40 Å². The quantitative estimate of drug-likeness (QED) is 0.720. The molecule has 3 aromatic rings. The van der Waals surface area contributed by atoms with Crippen molar-refractivity contribution in [3.8, 4) is 11.5 Å². The highest BCUT2D eigenvalue weighted by Crippen LogP contribution is 2.20. The number of carbonyl (C=O) groups excluding carboxylic acids is 1. The molecule has 0 saturated carbocycles. The van der Waals surface area contributed by atoms with Gasteiger partial charge < -0.3 is 9.32 Å². The number of aromatic amines is 1. The summed E-state index contributed by atoms with van der Waals surface area (Å²) in [7, 11) is -3.60. The van der Waals surface area contributed by atoms with Gasteiger partial charge in [-0.1, -0.05) is 0 Å². The van der Waals surface area contributed by atoms with Crippen molar-refractivity contribution in [3.63, 3.8) is 0 Å². The van der Waals surface area contributed by atoms with Crippen LogP contribution in [0.25, 0.3) is 11.5 Å². The normalized spacial score (nSPS) is 15.8. The van der Waals surface area contributed by atoms with Crippen LogP contribution in [0.15, 0.2) is 58.3 Å². The number of hydrogen-bond acceptors (Lipinski definition) is 6. The standard InChI is InChI=1S/C17H17N5O4S/c23-17(15-11-14(19-20-15)16-4-2-10-26-16)21-6-8-22(9-7-21)27(24,25)13-3-1-5-18-12-13/h1-5,10-12H,6-9H2,(H,19,20). The summed E-state index contributed by atoms with van der Waals surface area (Å²) >= 11 is 0. The summed E-state index contributed by atoms with van der Waals surface area (Å²) in [6, 6.07) is 8.24. The van der Waals surface area contributed by atoms with Gasteiger partial charge in [-0.05, 0) is 24.3 Å². The van der Waals surface area contributed by atoms with E-state index in [0.29, 0.717) is 24.5 Å². The molecule has 1 N–H and O–H groups in total. The predicted octanol–water partition coefficient (Wildman–Crippen LogP) is 1.21. The number of piperazine rings is 1. The van der Waals surface area contributed by atoms with Crippen molar-refractivity contribution < 1.29 is 17.6 Å². The van der Waals surface area contributed by atoms with Gasteiger partial charge in [0, 0.05) is 44.6 Å². The van der Waals surface area contributed by atoms with E-state index in [1.165, 1.54) is 22.8 Å². The van der Waals surface area contributed by atoms with Gasteiger partial charge in [0.1, 0.15) is 10.6 Å². The van der Waals surface area contributed by atoms with E-state index in [-0.39, 0.29) is 29.6 Å². The first-order valence-corrected chi connectivity index (χ1v) is 9.78. The molecule has 1 aliphatic heterocycles. The number of carbonyl (C=O) groups is 1. The van der Waals surface area contributed by atoms with Gasteiger partial charge in [-0.25, -0.2) is 8.42 Å². The smallest absolute Gasteiger partial charge is 0.274 e.